The SMILES string of the molecule is Cc1ccc(CNCC(O)C(C)C)cc1C. The Labute approximate surface area is 98.7 Å². The van der Waals surface area contributed by atoms with Crippen molar-refractivity contribution in [2.75, 3.05) is 6.54 Å². The van der Waals surface area contributed by atoms with E-state index in [1.165, 1.54) is 16.7 Å². The molecule has 1 aromatic carbocycles. The Kier molecular flexibility index (Phi) is 4.97. The maximum absolute atomic E-state index is 9.64. The second kappa shape index (κ2) is 6.02. The Morgan fingerprint density at radius 2 is 1.88 bits per heavy atom. The van der Waals surface area contributed by atoms with Crippen molar-refractivity contribution < 1.29 is 5.11 Å². The van der Waals surface area contributed by atoms with Gasteiger partial charge in [-0.3, -0.25) is 0 Å². The molecule has 0 fully saturated rings. The molecule has 2 heteroatoms. The standard InChI is InChI=1S/C14H23NO/c1-10(2)14(16)9-15-8-13-6-5-11(3)12(4)7-13/h5-7,10,14-16H,8-9H2,1-4H3. The Hall–Kier alpha value is -0.860. The molecule has 0 radical (unpaired) electrons. The number of benzene rings is 1. The van der Waals surface area contributed by atoms with E-state index in [1.807, 2.05) is 13.8 Å². The normalized spacial score (nSPS) is 13.1. The number of nitrogens with one attached hydrogen (secondary N) is 1. The Morgan fingerprint density at radius 3 is 2.44 bits per heavy atom. The number of aryl methyl sites for hydroxylation is 2. The third-order valence-corrected chi connectivity index (χ3v) is 3.02. The van der Waals surface area contributed by atoms with Crippen molar-refractivity contribution in [3.63, 3.8) is 0 Å². The quantitative estimate of drug-likeness (QED) is 0.800. The van der Waals surface area contributed by atoms with E-state index in [2.05, 4.69) is 37.4 Å². The van der Waals surface area contributed by atoms with Gasteiger partial charge < -0.3 is 10.4 Å². The topological polar surface area (TPSA) is 32.3 Å². The van der Waals surface area contributed by atoms with Crippen molar-refractivity contribution in [1.29, 1.82) is 0 Å². The highest BCUT2D eigenvalue weighted by atomic mass is 16.3. The fraction of sp³-hybridized carbons (Fsp3) is 0.571. The minimum Gasteiger partial charge on any atom is -0.392 e. The Bertz CT molecular complexity index is 334. The van der Waals surface area contributed by atoms with Crippen LogP contribution in [0.5, 0.6) is 0 Å². The molecule has 16 heavy (non-hydrogen) atoms. The molecule has 0 aromatic heterocycles. The summed E-state index contributed by atoms with van der Waals surface area (Å²) in [5, 5.41) is 12.9. The lowest BCUT2D eigenvalue weighted by Gasteiger charge is -2.15. The summed E-state index contributed by atoms with van der Waals surface area (Å²) >= 11 is 0. The van der Waals surface area contributed by atoms with E-state index >= 15 is 0 Å². The number of hydrogen-bond acceptors (Lipinski definition) is 2. The fourth-order valence-corrected chi connectivity index (χ4v) is 1.51. The van der Waals surface area contributed by atoms with Crippen LogP contribution in [-0.4, -0.2) is 17.8 Å². The smallest absolute Gasteiger partial charge is 0.0687 e. The van der Waals surface area contributed by atoms with Crippen LogP contribution in [0.25, 0.3) is 0 Å². The summed E-state index contributed by atoms with van der Waals surface area (Å²) in [5.74, 6) is 0.312. The third-order valence-electron chi connectivity index (χ3n) is 3.02. The van der Waals surface area contributed by atoms with Gasteiger partial charge in [0.2, 0.25) is 0 Å². The van der Waals surface area contributed by atoms with Crippen LogP contribution < -0.4 is 5.32 Å². The molecule has 0 heterocycles. The molecule has 0 aliphatic heterocycles. The number of aliphatic hydroxyl groups is 1. The summed E-state index contributed by atoms with van der Waals surface area (Å²) in [5.41, 5.74) is 3.92. The summed E-state index contributed by atoms with van der Waals surface area (Å²) < 4.78 is 0. The maximum Gasteiger partial charge on any atom is 0.0687 e. The molecular formula is C14H23NO. The monoisotopic (exact) mass is 221 g/mol. The highest BCUT2D eigenvalue weighted by Gasteiger charge is 2.07. The van der Waals surface area contributed by atoms with Gasteiger partial charge in [-0.05, 0) is 36.5 Å². The third kappa shape index (κ3) is 3.95. The van der Waals surface area contributed by atoms with E-state index in [0.717, 1.165) is 6.54 Å². The molecule has 2 N–H and O–H groups in total. The van der Waals surface area contributed by atoms with Crippen molar-refractivity contribution in [3.8, 4) is 0 Å². The van der Waals surface area contributed by atoms with E-state index < -0.39 is 0 Å². The summed E-state index contributed by atoms with van der Waals surface area (Å²) in [4.78, 5) is 0. The van der Waals surface area contributed by atoms with Gasteiger partial charge in [0.25, 0.3) is 0 Å². The van der Waals surface area contributed by atoms with Gasteiger partial charge in [0.15, 0.2) is 0 Å². The molecule has 90 valence electrons. The second-order valence-corrected chi connectivity index (χ2v) is 4.86. The van der Waals surface area contributed by atoms with Crippen LogP contribution in [0, 0.1) is 19.8 Å². The number of aliphatic hydroxyl groups excluding tert-OH is 1. The Morgan fingerprint density at radius 1 is 1.19 bits per heavy atom. The minimum absolute atomic E-state index is 0.258. The molecule has 2 nitrogen and oxygen atoms in total. The second-order valence-electron chi connectivity index (χ2n) is 4.86. The van der Waals surface area contributed by atoms with Gasteiger partial charge in [-0.2, -0.15) is 0 Å². The highest BCUT2D eigenvalue weighted by molar-refractivity contribution is 5.29. The first-order valence-corrected chi connectivity index (χ1v) is 5.95. The van der Waals surface area contributed by atoms with Crippen LogP contribution in [-0.2, 0) is 6.54 Å². The molecule has 1 aromatic rings. The van der Waals surface area contributed by atoms with Crippen LogP contribution in [0.2, 0.25) is 0 Å². The highest BCUT2D eigenvalue weighted by Crippen LogP contribution is 2.09. The lowest BCUT2D eigenvalue weighted by molar-refractivity contribution is 0.123. The van der Waals surface area contributed by atoms with Crippen molar-refractivity contribution in [2.45, 2.75) is 40.3 Å². The maximum atomic E-state index is 9.64. The van der Waals surface area contributed by atoms with E-state index in [4.69, 9.17) is 0 Å². The van der Waals surface area contributed by atoms with Gasteiger partial charge in [0.1, 0.15) is 0 Å². The van der Waals surface area contributed by atoms with E-state index in [-0.39, 0.29) is 6.10 Å². The van der Waals surface area contributed by atoms with Crippen molar-refractivity contribution >= 4 is 0 Å². The van der Waals surface area contributed by atoms with Crippen molar-refractivity contribution in [1.82, 2.24) is 5.32 Å². The molecule has 0 amide bonds. The van der Waals surface area contributed by atoms with Crippen LogP contribution in [0.3, 0.4) is 0 Å². The van der Waals surface area contributed by atoms with Crippen molar-refractivity contribution in [3.05, 3.63) is 34.9 Å². The van der Waals surface area contributed by atoms with E-state index in [0.29, 0.717) is 12.5 Å². The number of rotatable bonds is 5. The first-order chi connectivity index (χ1) is 7.50. The first-order valence-electron chi connectivity index (χ1n) is 5.95. The molecule has 0 spiro atoms. The molecule has 0 aliphatic carbocycles. The average Bonchev–Trinajstić information content (AvgIpc) is 2.23. The molecule has 0 saturated carbocycles. The van der Waals surface area contributed by atoms with Crippen LogP contribution in [0.1, 0.15) is 30.5 Å². The summed E-state index contributed by atoms with van der Waals surface area (Å²) in [6.07, 6.45) is -0.258. The summed E-state index contributed by atoms with van der Waals surface area (Å²) in [7, 11) is 0. The molecule has 1 unspecified atom stereocenters. The zero-order chi connectivity index (χ0) is 12.1. The predicted octanol–water partition coefficient (Wildman–Crippen LogP) is 2.41. The summed E-state index contributed by atoms with van der Waals surface area (Å²) in [6.45, 7) is 9.79. The molecular weight excluding hydrogens is 198 g/mol. The fourth-order valence-electron chi connectivity index (χ4n) is 1.51. The minimum atomic E-state index is -0.258. The zero-order valence-corrected chi connectivity index (χ0v) is 10.7. The lowest BCUT2D eigenvalue weighted by Crippen LogP contribution is -2.30. The number of hydrogen-bond donors (Lipinski definition) is 2. The van der Waals surface area contributed by atoms with Gasteiger partial charge in [-0.15, -0.1) is 0 Å². The van der Waals surface area contributed by atoms with Crippen LogP contribution in [0.15, 0.2) is 18.2 Å². The van der Waals surface area contributed by atoms with Gasteiger partial charge >= 0.3 is 0 Å². The lowest BCUT2D eigenvalue weighted by atomic mass is 10.1. The first kappa shape index (κ1) is 13.2. The molecule has 0 aliphatic rings. The molecule has 0 bridgehead atoms. The Balaban J connectivity index is 2.40. The molecule has 0 saturated heterocycles. The van der Waals surface area contributed by atoms with Gasteiger partial charge in [0.05, 0.1) is 6.10 Å². The molecule has 1 rings (SSSR count). The van der Waals surface area contributed by atoms with E-state index in [1.54, 1.807) is 0 Å². The van der Waals surface area contributed by atoms with E-state index in [9.17, 15) is 5.11 Å². The molecule has 1 atom stereocenters. The van der Waals surface area contributed by atoms with Crippen molar-refractivity contribution in [2.24, 2.45) is 5.92 Å². The predicted molar refractivity (Wildman–Crippen MR) is 68.5 cm³/mol. The summed E-state index contributed by atoms with van der Waals surface area (Å²) in [6, 6.07) is 6.48. The van der Waals surface area contributed by atoms with Crippen LogP contribution in [0.4, 0.5) is 0 Å². The van der Waals surface area contributed by atoms with Gasteiger partial charge in [-0.1, -0.05) is 32.0 Å². The van der Waals surface area contributed by atoms with Gasteiger partial charge in [-0.25, -0.2) is 0 Å². The largest absolute Gasteiger partial charge is 0.392 e. The average molecular weight is 221 g/mol. The van der Waals surface area contributed by atoms with Gasteiger partial charge in [0, 0.05) is 13.1 Å². The van der Waals surface area contributed by atoms with Crippen LogP contribution >= 0.6 is 0 Å². The zero-order valence-electron chi connectivity index (χ0n) is 10.7.